The minimum absolute atomic E-state index is 0.313. The van der Waals surface area contributed by atoms with Gasteiger partial charge in [0.25, 0.3) is 5.91 Å². The van der Waals surface area contributed by atoms with Gasteiger partial charge in [0.15, 0.2) is 0 Å². The number of amides is 1. The zero-order chi connectivity index (χ0) is 18.7. The molecule has 1 fully saturated rings. The fourth-order valence-corrected chi connectivity index (χ4v) is 3.00. The summed E-state index contributed by atoms with van der Waals surface area (Å²) < 4.78 is 39.4. The van der Waals surface area contributed by atoms with E-state index in [0.717, 1.165) is 11.8 Å². The second-order valence-electron chi connectivity index (χ2n) is 5.98. The normalized spacial score (nSPS) is 14.8. The Morgan fingerprint density at radius 3 is 2.15 bits per heavy atom. The summed E-state index contributed by atoms with van der Waals surface area (Å²) in [6.07, 6.45) is -4.56. The first-order chi connectivity index (χ1) is 12.4. The molecular weight excluding hydrogens is 343 g/mol. The molecule has 0 saturated carbocycles. The van der Waals surface area contributed by atoms with Crippen molar-refractivity contribution in [3.05, 3.63) is 65.2 Å². The van der Waals surface area contributed by atoms with Crippen LogP contribution < -0.4 is 4.90 Å². The highest BCUT2D eigenvalue weighted by Gasteiger charge is 2.36. The van der Waals surface area contributed by atoms with Crippen molar-refractivity contribution in [1.29, 1.82) is 5.26 Å². The molecule has 0 atom stereocenters. The molecule has 0 bridgehead atoms. The van der Waals surface area contributed by atoms with Crippen molar-refractivity contribution in [1.82, 2.24) is 4.90 Å². The van der Waals surface area contributed by atoms with E-state index in [0.29, 0.717) is 31.7 Å². The number of halogens is 3. The molecule has 0 unspecified atom stereocenters. The van der Waals surface area contributed by atoms with E-state index in [2.05, 4.69) is 6.07 Å². The Morgan fingerprint density at radius 1 is 0.962 bits per heavy atom. The van der Waals surface area contributed by atoms with Gasteiger partial charge < -0.3 is 9.80 Å². The first-order valence-corrected chi connectivity index (χ1v) is 8.11. The van der Waals surface area contributed by atoms with Gasteiger partial charge in [0.2, 0.25) is 0 Å². The third kappa shape index (κ3) is 3.64. The van der Waals surface area contributed by atoms with Crippen molar-refractivity contribution in [2.24, 2.45) is 0 Å². The highest BCUT2D eigenvalue weighted by molar-refractivity contribution is 5.96. The largest absolute Gasteiger partial charge is 0.417 e. The molecule has 0 radical (unpaired) electrons. The number of nitrogens with zero attached hydrogens (tertiary/aromatic N) is 3. The highest BCUT2D eigenvalue weighted by Crippen LogP contribution is 2.32. The van der Waals surface area contributed by atoms with E-state index in [9.17, 15) is 18.0 Å². The molecule has 1 saturated heterocycles. The van der Waals surface area contributed by atoms with Crippen molar-refractivity contribution in [3.8, 4) is 6.07 Å². The second kappa shape index (κ2) is 7.08. The minimum Gasteiger partial charge on any atom is -0.368 e. The van der Waals surface area contributed by atoms with Gasteiger partial charge >= 0.3 is 6.18 Å². The maximum atomic E-state index is 13.1. The molecule has 1 heterocycles. The molecule has 0 N–H and O–H groups in total. The van der Waals surface area contributed by atoms with E-state index in [4.69, 9.17) is 5.26 Å². The van der Waals surface area contributed by atoms with E-state index in [1.54, 1.807) is 12.1 Å². The van der Waals surface area contributed by atoms with Gasteiger partial charge in [-0.1, -0.05) is 12.1 Å². The Balaban J connectivity index is 1.70. The number of piperazine rings is 1. The smallest absolute Gasteiger partial charge is 0.368 e. The molecule has 0 aromatic heterocycles. The van der Waals surface area contributed by atoms with Gasteiger partial charge in [-0.15, -0.1) is 0 Å². The highest BCUT2D eigenvalue weighted by atomic mass is 19.4. The molecule has 2 aromatic carbocycles. The van der Waals surface area contributed by atoms with Crippen LogP contribution in [0, 0.1) is 11.3 Å². The van der Waals surface area contributed by atoms with Crippen LogP contribution >= 0.6 is 0 Å². The van der Waals surface area contributed by atoms with Crippen LogP contribution in [-0.2, 0) is 6.18 Å². The van der Waals surface area contributed by atoms with Gasteiger partial charge in [-0.3, -0.25) is 4.79 Å². The van der Waals surface area contributed by atoms with E-state index in [-0.39, 0.29) is 5.56 Å². The average Bonchev–Trinajstić information content (AvgIpc) is 2.67. The van der Waals surface area contributed by atoms with E-state index in [1.807, 2.05) is 17.0 Å². The fraction of sp³-hybridized carbons (Fsp3) is 0.263. The molecule has 2 aromatic rings. The van der Waals surface area contributed by atoms with Gasteiger partial charge in [-0.25, -0.2) is 0 Å². The number of hydrogen-bond acceptors (Lipinski definition) is 3. The van der Waals surface area contributed by atoms with Crippen LogP contribution in [0.25, 0.3) is 0 Å². The summed E-state index contributed by atoms with van der Waals surface area (Å²) in [5.41, 5.74) is 0.268. The third-order valence-corrected chi connectivity index (χ3v) is 4.39. The van der Waals surface area contributed by atoms with Crippen LogP contribution in [0.3, 0.4) is 0 Å². The summed E-state index contributed by atoms with van der Waals surface area (Å²) in [6.45, 7) is 1.72. The molecule has 4 nitrogen and oxygen atoms in total. The Kier molecular flexibility index (Phi) is 4.85. The number of carbonyl (C=O) groups is 1. The van der Waals surface area contributed by atoms with Crippen LogP contribution in [0.2, 0.25) is 0 Å². The van der Waals surface area contributed by atoms with Gasteiger partial charge in [0.1, 0.15) is 0 Å². The van der Waals surface area contributed by atoms with E-state index >= 15 is 0 Å². The Labute approximate surface area is 149 Å². The lowest BCUT2D eigenvalue weighted by atomic mass is 10.1. The molecule has 0 aliphatic carbocycles. The maximum Gasteiger partial charge on any atom is 0.417 e. The summed E-state index contributed by atoms with van der Waals surface area (Å²) in [6, 6.07) is 14.0. The number of carbonyl (C=O) groups excluding carboxylic acids is 1. The van der Waals surface area contributed by atoms with Crippen LogP contribution in [0.15, 0.2) is 48.5 Å². The number of anilines is 1. The predicted molar refractivity (Wildman–Crippen MR) is 90.7 cm³/mol. The van der Waals surface area contributed by atoms with Gasteiger partial charge in [0.05, 0.1) is 22.8 Å². The number of alkyl halides is 3. The Morgan fingerprint density at radius 2 is 1.58 bits per heavy atom. The third-order valence-electron chi connectivity index (χ3n) is 4.39. The number of nitriles is 1. The van der Waals surface area contributed by atoms with Crippen molar-refractivity contribution in [3.63, 3.8) is 0 Å². The van der Waals surface area contributed by atoms with E-state index < -0.39 is 17.6 Å². The molecule has 26 heavy (non-hydrogen) atoms. The van der Waals surface area contributed by atoms with E-state index in [1.165, 1.54) is 23.1 Å². The number of hydrogen-bond donors (Lipinski definition) is 0. The van der Waals surface area contributed by atoms with Crippen molar-refractivity contribution in [2.45, 2.75) is 6.18 Å². The lowest BCUT2D eigenvalue weighted by molar-refractivity contribution is -0.138. The van der Waals surface area contributed by atoms with Crippen LogP contribution in [0.5, 0.6) is 0 Å². The first kappa shape index (κ1) is 17.8. The zero-order valence-corrected chi connectivity index (χ0v) is 13.8. The van der Waals surface area contributed by atoms with Gasteiger partial charge in [0, 0.05) is 31.9 Å². The summed E-state index contributed by atoms with van der Waals surface area (Å²) in [5, 5.41) is 8.83. The first-order valence-electron chi connectivity index (χ1n) is 8.11. The van der Waals surface area contributed by atoms with Gasteiger partial charge in [-0.05, 0) is 36.4 Å². The van der Waals surface area contributed by atoms with Crippen LogP contribution in [-0.4, -0.2) is 37.0 Å². The summed E-state index contributed by atoms with van der Waals surface area (Å²) in [7, 11) is 0. The monoisotopic (exact) mass is 359 g/mol. The molecule has 1 amide bonds. The molecule has 1 aliphatic rings. The standard InChI is InChI=1S/C19H16F3N3O/c20-19(21,22)17-4-2-1-3-16(17)18(26)25-11-9-24(10-12-25)15-7-5-14(13-23)6-8-15/h1-8H,9-12H2. The fourth-order valence-electron chi connectivity index (χ4n) is 3.00. The maximum absolute atomic E-state index is 13.1. The lowest BCUT2D eigenvalue weighted by Gasteiger charge is -2.36. The summed E-state index contributed by atoms with van der Waals surface area (Å²) >= 11 is 0. The SMILES string of the molecule is N#Cc1ccc(N2CCN(C(=O)c3ccccc3C(F)(F)F)CC2)cc1. The minimum atomic E-state index is -4.56. The van der Waals surface area contributed by atoms with Crippen LogP contribution in [0.4, 0.5) is 18.9 Å². The molecule has 3 rings (SSSR count). The average molecular weight is 359 g/mol. The molecular formula is C19H16F3N3O. The topological polar surface area (TPSA) is 47.3 Å². The molecule has 0 spiro atoms. The van der Waals surface area contributed by atoms with Crippen molar-refractivity contribution in [2.75, 3.05) is 31.1 Å². The van der Waals surface area contributed by atoms with Crippen LogP contribution in [0.1, 0.15) is 21.5 Å². The van der Waals surface area contributed by atoms with Crippen molar-refractivity contribution < 1.29 is 18.0 Å². The number of benzene rings is 2. The summed E-state index contributed by atoms with van der Waals surface area (Å²) in [5.74, 6) is -0.600. The summed E-state index contributed by atoms with van der Waals surface area (Å²) in [4.78, 5) is 16.1. The lowest BCUT2D eigenvalue weighted by Crippen LogP contribution is -2.49. The second-order valence-corrected chi connectivity index (χ2v) is 5.98. The predicted octanol–water partition coefficient (Wildman–Crippen LogP) is 3.54. The van der Waals surface area contributed by atoms with Gasteiger partial charge in [-0.2, -0.15) is 18.4 Å². The molecule has 7 heteroatoms. The number of rotatable bonds is 2. The van der Waals surface area contributed by atoms with Crippen molar-refractivity contribution >= 4 is 11.6 Å². The Hall–Kier alpha value is -3.01. The molecule has 1 aliphatic heterocycles. The zero-order valence-electron chi connectivity index (χ0n) is 13.8. The molecule has 134 valence electrons. The Bertz CT molecular complexity index is 832. The quantitative estimate of drug-likeness (QED) is 0.824.